The van der Waals surface area contributed by atoms with Crippen molar-refractivity contribution in [1.29, 1.82) is 0 Å². The topological polar surface area (TPSA) is 61.9 Å². The summed E-state index contributed by atoms with van der Waals surface area (Å²) >= 11 is 0. The molecule has 2 fully saturated rings. The molecule has 6 nitrogen and oxygen atoms in total. The Morgan fingerprint density at radius 2 is 1.96 bits per heavy atom. The zero-order valence-electron chi connectivity index (χ0n) is 14.8. The lowest BCUT2D eigenvalue weighted by atomic mass is 9.96. The van der Waals surface area contributed by atoms with E-state index >= 15 is 0 Å². The van der Waals surface area contributed by atoms with Crippen LogP contribution >= 0.6 is 0 Å². The van der Waals surface area contributed by atoms with Crippen molar-refractivity contribution in [3.05, 3.63) is 29.8 Å². The standard InChI is InChI=1S/C18H22F3N3O3/c19-18(20,21)12-23-6-4-13(5-7-23)11-22-16(25)14-2-1-3-15(10-14)24-8-9-27-17(24)26/h1-3,10,13H,4-9,11-12H2,(H,22,25). The van der Waals surface area contributed by atoms with Crippen LogP contribution in [-0.2, 0) is 4.74 Å². The molecule has 0 unspecified atom stereocenters. The number of anilines is 1. The summed E-state index contributed by atoms with van der Waals surface area (Å²) in [7, 11) is 0. The van der Waals surface area contributed by atoms with Crippen LogP contribution < -0.4 is 10.2 Å². The highest BCUT2D eigenvalue weighted by Crippen LogP contribution is 2.23. The van der Waals surface area contributed by atoms with Gasteiger partial charge in [0.15, 0.2) is 0 Å². The highest BCUT2D eigenvalue weighted by atomic mass is 19.4. The first-order valence-electron chi connectivity index (χ1n) is 8.93. The van der Waals surface area contributed by atoms with Crippen LogP contribution in [0.15, 0.2) is 24.3 Å². The average molecular weight is 385 g/mol. The number of carbonyl (C=O) groups excluding carboxylic acids is 2. The Morgan fingerprint density at radius 3 is 2.59 bits per heavy atom. The molecule has 148 valence electrons. The maximum absolute atomic E-state index is 12.4. The van der Waals surface area contributed by atoms with Gasteiger partial charge in [-0.1, -0.05) is 6.07 Å². The summed E-state index contributed by atoms with van der Waals surface area (Å²) in [5.41, 5.74) is 1.03. The largest absolute Gasteiger partial charge is 0.447 e. The number of benzene rings is 1. The summed E-state index contributed by atoms with van der Waals surface area (Å²) in [6, 6.07) is 6.73. The minimum atomic E-state index is -4.17. The van der Waals surface area contributed by atoms with Crippen LogP contribution in [0.3, 0.4) is 0 Å². The monoisotopic (exact) mass is 385 g/mol. The van der Waals surface area contributed by atoms with Gasteiger partial charge in [-0.15, -0.1) is 0 Å². The lowest BCUT2D eigenvalue weighted by Crippen LogP contribution is -2.42. The van der Waals surface area contributed by atoms with Crippen molar-refractivity contribution < 1.29 is 27.5 Å². The lowest BCUT2D eigenvalue weighted by Gasteiger charge is -2.32. The van der Waals surface area contributed by atoms with E-state index in [1.54, 1.807) is 24.3 Å². The number of hydrogen-bond donors (Lipinski definition) is 1. The van der Waals surface area contributed by atoms with Crippen LogP contribution in [-0.4, -0.2) is 62.4 Å². The van der Waals surface area contributed by atoms with Gasteiger partial charge in [-0.2, -0.15) is 13.2 Å². The second-order valence-corrected chi connectivity index (χ2v) is 6.86. The van der Waals surface area contributed by atoms with Crippen LogP contribution in [0.5, 0.6) is 0 Å². The first-order chi connectivity index (χ1) is 12.8. The smallest absolute Gasteiger partial charge is 0.414 e. The number of ether oxygens (including phenoxy) is 1. The number of piperidine rings is 1. The van der Waals surface area contributed by atoms with Gasteiger partial charge in [0.2, 0.25) is 0 Å². The molecule has 2 aliphatic heterocycles. The Morgan fingerprint density at radius 1 is 1.22 bits per heavy atom. The van der Waals surface area contributed by atoms with Gasteiger partial charge in [-0.3, -0.25) is 14.6 Å². The quantitative estimate of drug-likeness (QED) is 0.847. The number of alkyl halides is 3. The Balaban J connectivity index is 1.48. The second kappa shape index (κ2) is 8.16. The Labute approximate surface area is 155 Å². The third-order valence-corrected chi connectivity index (χ3v) is 4.84. The molecule has 1 aromatic carbocycles. The van der Waals surface area contributed by atoms with Gasteiger partial charge in [0, 0.05) is 17.8 Å². The van der Waals surface area contributed by atoms with E-state index in [1.165, 1.54) is 9.80 Å². The van der Waals surface area contributed by atoms with E-state index in [4.69, 9.17) is 4.74 Å². The maximum Gasteiger partial charge on any atom is 0.414 e. The average Bonchev–Trinajstić information content (AvgIpc) is 3.06. The first-order valence-corrected chi connectivity index (χ1v) is 8.93. The minimum absolute atomic E-state index is 0.162. The summed E-state index contributed by atoms with van der Waals surface area (Å²) < 4.78 is 42.1. The molecule has 0 atom stereocenters. The van der Waals surface area contributed by atoms with Crippen molar-refractivity contribution >= 4 is 17.7 Å². The number of nitrogens with one attached hydrogen (secondary N) is 1. The fourth-order valence-electron chi connectivity index (χ4n) is 3.38. The van der Waals surface area contributed by atoms with Crippen molar-refractivity contribution in [1.82, 2.24) is 10.2 Å². The fraction of sp³-hybridized carbons (Fsp3) is 0.556. The van der Waals surface area contributed by atoms with Gasteiger partial charge in [0.1, 0.15) is 6.61 Å². The molecular formula is C18H22F3N3O3. The normalized spacial score (nSPS) is 19.2. The zero-order chi connectivity index (χ0) is 19.4. The van der Waals surface area contributed by atoms with Gasteiger partial charge in [-0.25, -0.2) is 4.79 Å². The molecule has 3 rings (SSSR count). The molecule has 0 spiro atoms. The minimum Gasteiger partial charge on any atom is -0.447 e. The Hall–Kier alpha value is -2.29. The number of cyclic esters (lactones) is 1. The number of amides is 2. The summed E-state index contributed by atoms with van der Waals surface area (Å²) in [6.07, 6.45) is -3.36. The molecule has 2 heterocycles. The molecule has 2 amide bonds. The van der Waals surface area contributed by atoms with Crippen molar-refractivity contribution in [2.75, 3.05) is 44.2 Å². The van der Waals surface area contributed by atoms with E-state index < -0.39 is 18.8 Å². The third-order valence-electron chi connectivity index (χ3n) is 4.84. The highest BCUT2D eigenvalue weighted by Gasteiger charge is 2.32. The van der Waals surface area contributed by atoms with E-state index in [1.807, 2.05) is 0 Å². The van der Waals surface area contributed by atoms with Crippen LogP contribution in [0.25, 0.3) is 0 Å². The van der Waals surface area contributed by atoms with Crippen molar-refractivity contribution in [2.45, 2.75) is 19.0 Å². The molecule has 1 aromatic rings. The van der Waals surface area contributed by atoms with Gasteiger partial charge in [0.05, 0.1) is 13.1 Å². The molecule has 27 heavy (non-hydrogen) atoms. The number of nitrogens with zero attached hydrogens (tertiary/aromatic N) is 2. The lowest BCUT2D eigenvalue weighted by molar-refractivity contribution is -0.148. The molecule has 2 aliphatic rings. The summed E-state index contributed by atoms with van der Waals surface area (Å²) in [5.74, 6) is -0.0997. The molecule has 0 bridgehead atoms. The molecule has 1 N–H and O–H groups in total. The van der Waals surface area contributed by atoms with E-state index in [-0.39, 0.29) is 11.8 Å². The number of carbonyl (C=O) groups is 2. The predicted molar refractivity (Wildman–Crippen MR) is 92.7 cm³/mol. The molecule has 0 saturated carbocycles. The highest BCUT2D eigenvalue weighted by molar-refractivity contribution is 5.97. The third kappa shape index (κ3) is 5.35. The molecule has 9 heteroatoms. The molecule has 0 aliphatic carbocycles. The molecule has 2 saturated heterocycles. The SMILES string of the molecule is O=C(NCC1CCN(CC(F)(F)F)CC1)c1cccc(N2CCOC2=O)c1. The summed E-state index contributed by atoms with van der Waals surface area (Å²) in [5, 5.41) is 2.85. The number of halogens is 3. The maximum atomic E-state index is 12.4. The Bertz CT molecular complexity index is 688. The number of rotatable bonds is 5. The van der Waals surface area contributed by atoms with E-state index in [9.17, 15) is 22.8 Å². The first kappa shape index (κ1) is 19.5. The van der Waals surface area contributed by atoms with Gasteiger partial charge < -0.3 is 10.1 Å². The second-order valence-electron chi connectivity index (χ2n) is 6.86. The van der Waals surface area contributed by atoms with Crippen molar-refractivity contribution in [3.63, 3.8) is 0 Å². The van der Waals surface area contributed by atoms with Crippen molar-refractivity contribution in [2.24, 2.45) is 5.92 Å². The van der Waals surface area contributed by atoms with E-state index in [2.05, 4.69) is 5.32 Å². The molecule has 0 radical (unpaired) electrons. The number of likely N-dealkylation sites (tertiary alicyclic amines) is 1. The van der Waals surface area contributed by atoms with Crippen molar-refractivity contribution in [3.8, 4) is 0 Å². The van der Waals surface area contributed by atoms with Crippen LogP contribution in [0.4, 0.5) is 23.7 Å². The zero-order valence-corrected chi connectivity index (χ0v) is 14.8. The van der Waals surface area contributed by atoms with E-state index in [0.29, 0.717) is 56.9 Å². The number of hydrogen-bond acceptors (Lipinski definition) is 4. The van der Waals surface area contributed by atoms with E-state index in [0.717, 1.165) is 0 Å². The Kier molecular flexibility index (Phi) is 5.88. The predicted octanol–water partition coefficient (Wildman–Crippen LogP) is 2.65. The van der Waals surface area contributed by atoms with Crippen LogP contribution in [0, 0.1) is 5.92 Å². The summed E-state index contributed by atoms with van der Waals surface area (Å²) in [4.78, 5) is 26.9. The molecular weight excluding hydrogens is 363 g/mol. The van der Waals surface area contributed by atoms with Crippen LogP contribution in [0.1, 0.15) is 23.2 Å². The molecule has 0 aromatic heterocycles. The van der Waals surface area contributed by atoms with Crippen LogP contribution in [0.2, 0.25) is 0 Å². The fourth-order valence-corrected chi connectivity index (χ4v) is 3.38. The summed E-state index contributed by atoms with van der Waals surface area (Å²) in [6.45, 7) is 1.08. The van der Waals surface area contributed by atoms with Gasteiger partial charge in [-0.05, 0) is 50.0 Å². The van der Waals surface area contributed by atoms with Gasteiger partial charge >= 0.3 is 12.3 Å². The van der Waals surface area contributed by atoms with Gasteiger partial charge in [0.25, 0.3) is 5.91 Å².